The van der Waals surface area contributed by atoms with E-state index in [-0.39, 0.29) is 24.7 Å². The number of likely N-dealkylation sites (N-methyl/N-ethyl adjacent to an activating group) is 1. The van der Waals surface area contributed by atoms with Crippen molar-refractivity contribution >= 4 is 12.4 Å². The van der Waals surface area contributed by atoms with Gasteiger partial charge < -0.3 is 24.4 Å². The number of likely N-dealkylation sites (tertiary alicyclic amines) is 1. The monoisotopic (exact) mass is 476 g/mol. The zero-order valence-corrected chi connectivity index (χ0v) is 21.7. The number of hydrogen-bond donors (Lipinski definition) is 1. The first-order valence-electron chi connectivity index (χ1n) is 12.9. The molecular weight excluding hydrogens is 432 g/mol. The topological polar surface area (TPSA) is 79.3 Å². The summed E-state index contributed by atoms with van der Waals surface area (Å²) in [5.74, 6) is 0.892. The lowest BCUT2D eigenvalue weighted by molar-refractivity contribution is -0.143. The number of benzene rings is 1. The number of hydrogen-bond acceptors (Lipinski definition) is 5. The van der Waals surface area contributed by atoms with Gasteiger partial charge in [0.25, 0.3) is 0 Å². The van der Waals surface area contributed by atoms with Crippen molar-refractivity contribution in [1.29, 1.82) is 0 Å². The summed E-state index contributed by atoms with van der Waals surface area (Å²) in [5.41, 5.74) is 1.03. The van der Waals surface area contributed by atoms with Crippen molar-refractivity contribution < 1.29 is 24.2 Å². The quantitative estimate of drug-likeness (QED) is 0.428. The third-order valence-corrected chi connectivity index (χ3v) is 7.10. The first kappa shape index (κ1) is 28.0. The molecule has 0 bridgehead atoms. The number of fused-ring (bicyclic) bond motifs is 1. The Morgan fingerprint density at radius 1 is 1.18 bits per heavy atom. The summed E-state index contributed by atoms with van der Waals surface area (Å²) in [6, 6.07) is 5.90. The molecule has 2 aliphatic heterocycles. The zero-order chi connectivity index (χ0) is 25.1. The first-order chi connectivity index (χ1) is 16.4. The van der Waals surface area contributed by atoms with E-state index in [1.54, 1.807) is 0 Å². The van der Waals surface area contributed by atoms with E-state index in [1.165, 1.54) is 0 Å². The number of aliphatic carboxylic acids is 1. The Morgan fingerprint density at radius 2 is 1.82 bits per heavy atom. The molecule has 0 radical (unpaired) electrons. The standard InChI is InChI=1S/C18H25NO4.C9H19NO/c1-4-11(2)7-14-17(18(20)21)13(9-19(14)3)12-5-6-15-16(8-12)23-10-22-15;1-3-5-7-10(9-11)8-6-4-2/h5-6,8,11,13-14,17H,4,7,9-10H2,1-3H3,(H,20,21);9H,3-8H2,1-2H3. The predicted molar refractivity (Wildman–Crippen MR) is 134 cm³/mol. The van der Waals surface area contributed by atoms with Gasteiger partial charge in [0.15, 0.2) is 11.5 Å². The Kier molecular flexibility index (Phi) is 11.7. The van der Waals surface area contributed by atoms with Crippen LogP contribution in [0.1, 0.15) is 77.7 Å². The Morgan fingerprint density at radius 3 is 2.38 bits per heavy atom. The Bertz CT molecular complexity index is 763. The second kappa shape index (κ2) is 14.2. The smallest absolute Gasteiger partial charge is 0.308 e. The summed E-state index contributed by atoms with van der Waals surface area (Å²) < 4.78 is 10.8. The highest BCUT2D eigenvalue weighted by molar-refractivity contribution is 5.73. The Hall–Kier alpha value is -2.28. The lowest BCUT2D eigenvalue weighted by Crippen LogP contribution is -2.35. The number of carbonyl (C=O) groups excluding carboxylic acids is 1. The van der Waals surface area contributed by atoms with E-state index < -0.39 is 5.97 Å². The fourth-order valence-electron chi connectivity index (χ4n) is 4.74. The number of amides is 1. The SMILES string of the molecule is CCC(C)CC1C(C(=O)O)C(c2ccc3c(c2)OCO3)CN1C.CCCCN(C=O)CCCC. The van der Waals surface area contributed by atoms with Crippen LogP contribution in [0.5, 0.6) is 11.5 Å². The van der Waals surface area contributed by atoms with Crippen molar-refractivity contribution in [3.8, 4) is 11.5 Å². The molecule has 7 nitrogen and oxygen atoms in total. The molecule has 192 valence electrons. The number of unbranched alkanes of at least 4 members (excludes halogenated alkanes) is 2. The summed E-state index contributed by atoms with van der Waals surface area (Å²) in [7, 11) is 2.04. The summed E-state index contributed by atoms with van der Waals surface area (Å²) in [6.07, 6.45) is 7.54. The van der Waals surface area contributed by atoms with E-state index in [2.05, 4.69) is 32.6 Å². The number of carboxylic acid groups (broad SMARTS) is 1. The number of carboxylic acids is 1. The van der Waals surface area contributed by atoms with Crippen LogP contribution < -0.4 is 9.47 Å². The molecule has 3 rings (SSSR count). The van der Waals surface area contributed by atoms with Gasteiger partial charge in [-0.3, -0.25) is 9.59 Å². The first-order valence-corrected chi connectivity index (χ1v) is 12.9. The van der Waals surface area contributed by atoms with Crippen molar-refractivity contribution in [2.24, 2.45) is 11.8 Å². The molecule has 1 aromatic carbocycles. The van der Waals surface area contributed by atoms with Gasteiger partial charge in [0.1, 0.15) is 0 Å². The second-order valence-corrected chi connectivity index (χ2v) is 9.69. The van der Waals surface area contributed by atoms with Crippen LogP contribution in [-0.2, 0) is 9.59 Å². The molecule has 0 aromatic heterocycles. The maximum atomic E-state index is 12.0. The fourth-order valence-corrected chi connectivity index (χ4v) is 4.74. The van der Waals surface area contributed by atoms with Gasteiger partial charge in [0, 0.05) is 31.6 Å². The number of rotatable bonds is 12. The molecule has 1 saturated heterocycles. The fraction of sp³-hybridized carbons (Fsp3) is 0.704. The summed E-state index contributed by atoms with van der Waals surface area (Å²) in [6.45, 7) is 11.5. The Labute approximate surface area is 205 Å². The minimum atomic E-state index is -0.703. The predicted octanol–water partition coefficient (Wildman–Crippen LogP) is 4.99. The molecular formula is C27H44N2O5. The molecule has 1 amide bonds. The van der Waals surface area contributed by atoms with Gasteiger partial charge in [-0.05, 0) is 49.9 Å². The minimum absolute atomic E-state index is 0.0129. The van der Waals surface area contributed by atoms with Crippen LogP contribution in [-0.4, -0.2) is 66.8 Å². The van der Waals surface area contributed by atoms with E-state index in [9.17, 15) is 14.7 Å². The second-order valence-electron chi connectivity index (χ2n) is 9.69. The van der Waals surface area contributed by atoms with Crippen LogP contribution in [0.3, 0.4) is 0 Å². The van der Waals surface area contributed by atoms with Crippen LogP contribution in [0.25, 0.3) is 0 Å². The van der Waals surface area contributed by atoms with Gasteiger partial charge in [-0.2, -0.15) is 0 Å². The maximum absolute atomic E-state index is 12.0. The molecule has 0 aliphatic carbocycles. The van der Waals surface area contributed by atoms with Crippen molar-refractivity contribution in [1.82, 2.24) is 9.80 Å². The highest BCUT2D eigenvalue weighted by Crippen LogP contribution is 2.42. The highest BCUT2D eigenvalue weighted by Gasteiger charge is 2.45. The zero-order valence-electron chi connectivity index (χ0n) is 21.7. The van der Waals surface area contributed by atoms with Crippen LogP contribution in [0.15, 0.2) is 18.2 Å². The molecule has 2 heterocycles. The molecule has 0 saturated carbocycles. The average Bonchev–Trinajstić information content (AvgIpc) is 3.43. The van der Waals surface area contributed by atoms with Gasteiger partial charge in [-0.25, -0.2) is 0 Å². The molecule has 4 atom stereocenters. The summed E-state index contributed by atoms with van der Waals surface area (Å²) in [5, 5.41) is 9.83. The van der Waals surface area contributed by atoms with E-state index in [0.29, 0.717) is 5.92 Å². The van der Waals surface area contributed by atoms with Crippen LogP contribution in [0.4, 0.5) is 0 Å². The van der Waals surface area contributed by atoms with Gasteiger partial charge in [0.05, 0.1) is 5.92 Å². The molecule has 2 aliphatic rings. The summed E-state index contributed by atoms with van der Waals surface area (Å²) >= 11 is 0. The van der Waals surface area contributed by atoms with Gasteiger partial charge >= 0.3 is 5.97 Å². The lowest BCUT2D eigenvalue weighted by Gasteiger charge is -2.26. The van der Waals surface area contributed by atoms with Gasteiger partial charge in [0.2, 0.25) is 13.2 Å². The third-order valence-electron chi connectivity index (χ3n) is 7.10. The molecule has 1 aromatic rings. The van der Waals surface area contributed by atoms with Crippen LogP contribution in [0.2, 0.25) is 0 Å². The van der Waals surface area contributed by atoms with Crippen molar-refractivity contribution in [3.63, 3.8) is 0 Å². The number of ether oxygens (including phenoxy) is 2. The van der Waals surface area contributed by atoms with E-state index in [0.717, 1.165) is 81.6 Å². The minimum Gasteiger partial charge on any atom is -0.481 e. The Balaban J connectivity index is 0.000000316. The van der Waals surface area contributed by atoms with E-state index in [4.69, 9.17) is 9.47 Å². The van der Waals surface area contributed by atoms with Crippen LogP contribution in [0, 0.1) is 11.8 Å². The van der Waals surface area contributed by atoms with Crippen molar-refractivity contribution in [3.05, 3.63) is 23.8 Å². The normalized spacial score (nSPS) is 22.1. The van der Waals surface area contributed by atoms with E-state index in [1.807, 2.05) is 30.1 Å². The third kappa shape index (κ3) is 7.62. The van der Waals surface area contributed by atoms with Gasteiger partial charge in [-0.15, -0.1) is 0 Å². The van der Waals surface area contributed by atoms with E-state index >= 15 is 0 Å². The van der Waals surface area contributed by atoms with Crippen molar-refractivity contribution in [2.45, 2.75) is 78.2 Å². The molecule has 0 spiro atoms. The van der Waals surface area contributed by atoms with Gasteiger partial charge in [-0.1, -0.05) is 53.0 Å². The van der Waals surface area contributed by atoms with Crippen molar-refractivity contribution in [2.75, 3.05) is 33.5 Å². The number of nitrogens with zero attached hydrogens (tertiary/aromatic N) is 2. The molecule has 1 N–H and O–H groups in total. The number of carbonyl (C=O) groups is 2. The molecule has 1 fully saturated rings. The molecule has 34 heavy (non-hydrogen) atoms. The summed E-state index contributed by atoms with van der Waals surface area (Å²) in [4.78, 5) is 26.5. The largest absolute Gasteiger partial charge is 0.481 e. The highest BCUT2D eigenvalue weighted by atomic mass is 16.7. The molecule has 4 unspecified atom stereocenters. The maximum Gasteiger partial charge on any atom is 0.308 e. The van der Waals surface area contributed by atoms with Crippen LogP contribution >= 0.6 is 0 Å². The molecule has 7 heteroatoms. The lowest BCUT2D eigenvalue weighted by atomic mass is 9.82. The average molecular weight is 477 g/mol.